The third-order valence-corrected chi connectivity index (χ3v) is 3.42. The standard InChI is InChI=1S/C14H18N2O2/c1-5-11(14(17)18-4)10-6-7-13-12(8-10)15-9(2)16(13)3/h6-8,11H,5H2,1-4H3. The molecule has 96 valence electrons. The zero-order chi connectivity index (χ0) is 13.3. The van der Waals surface area contributed by atoms with Crippen LogP contribution in [0.4, 0.5) is 0 Å². The van der Waals surface area contributed by atoms with Gasteiger partial charge in [0, 0.05) is 7.05 Å². The van der Waals surface area contributed by atoms with Gasteiger partial charge in [-0.25, -0.2) is 4.98 Å². The van der Waals surface area contributed by atoms with Crippen molar-refractivity contribution in [2.75, 3.05) is 7.11 Å². The second-order valence-corrected chi connectivity index (χ2v) is 4.45. The molecule has 0 saturated heterocycles. The van der Waals surface area contributed by atoms with Gasteiger partial charge >= 0.3 is 5.97 Å². The lowest BCUT2D eigenvalue weighted by Gasteiger charge is -2.12. The molecule has 1 unspecified atom stereocenters. The SMILES string of the molecule is CCC(C(=O)OC)c1ccc2c(c1)nc(C)n2C. The minimum atomic E-state index is -0.207. The van der Waals surface area contributed by atoms with E-state index >= 15 is 0 Å². The van der Waals surface area contributed by atoms with Crippen LogP contribution in [0.15, 0.2) is 18.2 Å². The molecular weight excluding hydrogens is 228 g/mol. The van der Waals surface area contributed by atoms with Crippen LogP contribution in [-0.4, -0.2) is 22.6 Å². The first-order valence-corrected chi connectivity index (χ1v) is 6.09. The average molecular weight is 246 g/mol. The summed E-state index contributed by atoms with van der Waals surface area (Å²) >= 11 is 0. The molecule has 1 aromatic heterocycles. The minimum Gasteiger partial charge on any atom is -0.469 e. The molecular formula is C14H18N2O2. The normalized spacial score (nSPS) is 12.7. The number of hydrogen-bond acceptors (Lipinski definition) is 3. The van der Waals surface area contributed by atoms with Gasteiger partial charge in [0.2, 0.25) is 0 Å². The third-order valence-electron chi connectivity index (χ3n) is 3.42. The summed E-state index contributed by atoms with van der Waals surface area (Å²) in [6.07, 6.45) is 0.726. The van der Waals surface area contributed by atoms with Crippen LogP contribution in [0.3, 0.4) is 0 Å². The van der Waals surface area contributed by atoms with Crippen LogP contribution >= 0.6 is 0 Å². The molecule has 0 N–H and O–H groups in total. The Morgan fingerprint density at radius 3 is 2.83 bits per heavy atom. The Bertz CT molecular complexity index is 587. The highest BCUT2D eigenvalue weighted by atomic mass is 16.5. The lowest BCUT2D eigenvalue weighted by molar-refractivity contribution is -0.142. The number of rotatable bonds is 3. The van der Waals surface area contributed by atoms with Gasteiger partial charge in [-0.1, -0.05) is 13.0 Å². The lowest BCUT2D eigenvalue weighted by atomic mass is 9.96. The van der Waals surface area contributed by atoms with Gasteiger partial charge in [0.05, 0.1) is 24.1 Å². The van der Waals surface area contributed by atoms with Crippen molar-refractivity contribution in [3.05, 3.63) is 29.6 Å². The van der Waals surface area contributed by atoms with E-state index in [1.807, 2.05) is 43.7 Å². The smallest absolute Gasteiger partial charge is 0.313 e. The largest absolute Gasteiger partial charge is 0.469 e. The maximum atomic E-state index is 11.7. The molecule has 0 spiro atoms. The van der Waals surface area contributed by atoms with E-state index in [1.165, 1.54) is 7.11 Å². The number of nitrogens with zero attached hydrogens (tertiary/aromatic N) is 2. The highest BCUT2D eigenvalue weighted by molar-refractivity contribution is 5.82. The van der Waals surface area contributed by atoms with Crippen molar-refractivity contribution in [2.45, 2.75) is 26.2 Å². The Morgan fingerprint density at radius 2 is 2.22 bits per heavy atom. The van der Waals surface area contributed by atoms with Crippen LogP contribution in [0.5, 0.6) is 0 Å². The topological polar surface area (TPSA) is 44.1 Å². The van der Waals surface area contributed by atoms with Crippen molar-refractivity contribution in [3.8, 4) is 0 Å². The second kappa shape index (κ2) is 4.80. The summed E-state index contributed by atoms with van der Waals surface area (Å²) < 4.78 is 6.87. The quantitative estimate of drug-likeness (QED) is 0.782. The Hall–Kier alpha value is -1.84. The van der Waals surface area contributed by atoms with Crippen LogP contribution in [0.25, 0.3) is 11.0 Å². The van der Waals surface area contributed by atoms with E-state index in [9.17, 15) is 4.79 Å². The molecule has 0 radical (unpaired) electrons. The third kappa shape index (κ3) is 1.98. The first-order chi connectivity index (χ1) is 8.58. The average Bonchev–Trinajstić information content (AvgIpc) is 2.65. The number of esters is 1. The number of carbonyl (C=O) groups is 1. The Morgan fingerprint density at radius 1 is 1.50 bits per heavy atom. The highest BCUT2D eigenvalue weighted by Crippen LogP contribution is 2.25. The molecule has 0 bridgehead atoms. The van der Waals surface area contributed by atoms with Crippen LogP contribution in [0.2, 0.25) is 0 Å². The Kier molecular flexibility index (Phi) is 3.36. The van der Waals surface area contributed by atoms with E-state index in [4.69, 9.17) is 4.74 Å². The molecule has 0 amide bonds. The van der Waals surface area contributed by atoms with Gasteiger partial charge in [0.25, 0.3) is 0 Å². The molecule has 1 heterocycles. The van der Waals surface area contributed by atoms with E-state index in [0.717, 1.165) is 28.8 Å². The molecule has 0 aliphatic carbocycles. The number of benzene rings is 1. The van der Waals surface area contributed by atoms with Gasteiger partial charge in [-0.2, -0.15) is 0 Å². The van der Waals surface area contributed by atoms with Crippen molar-refractivity contribution in [2.24, 2.45) is 7.05 Å². The number of hydrogen-bond donors (Lipinski definition) is 0. The monoisotopic (exact) mass is 246 g/mol. The maximum Gasteiger partial charge on any atom is 0.313 e. The number of aromatic nitrogens is 2. The van der Waals surface area contributed by atoms with Gasteiger partial charge in [-0.05, 0) is 31.0 Å². The molecule has 0 saturated carbocycles. The molecule has 18 heavy (non-hydrogen) atoms. The molecule has 1 atom stereocenters. The first kappa shape index (κ1) is 12.6. The minimum absolute atomic E-state index is 0.190. The van der Waals surface area contributed by atoms with E-state index in [2.05, 4.69) is 4.98 Å². The summed E-state index contributed by atoms with van der Waals surface area (Å²) in [4.78, 5) is 16.2. The molecule has 4 nitrogen and oxygen atoms in total. The Labute approximate surface area is 107 Å². The number of aryl methyl sites for hydroxylation is 2. The van der Waals surface area contributed by atoms with Crippen molar-refractivity contribution in [1.29, 1.82) is 0 Å². The fourth-order valence-electron chi connectivity index (χ4n) is 2.23. The van der Waals surface area contributed by atoms with E-state index in [-0.39, 0.29) is 11.9 Å². The molecule has 1 aromatic carbocycles. The number of fused-ring (bicyclic) bond motifs is 1. The molecule has 0 aliphatic rings. The van der Waals surface area contributed by atoms with Gasteiger partial charge in [-0.15, -0.1) is 0 Å². The Balaban J connectivity index is 2.49. The fraction of sp³-hybridized carbons (Fsp3) is 0.429. The van der Waals surface area contributed by atoms with E-state index in [0.29, 0.717) is 0 Å². The summed E-state index contributed by atoms with van der Waals surface area (Å²) in [5.41, 5.74) is 2.97. The maximum absolute atomic E-state index is 11.7. The second-order valence-electron chi connectivity index (χ2n) is 4.45. The number of imidazole rings is 1. The summed E-state index contributed by atoms with van der Waals surface area (Å²) in [6.45, 7) is 3.95. The van der Waals surface area contributed by atoms with Crippen molar-refractivity contribution in [1.82, 2.24) is 9.55 Å². The van der Waals surface area contributed by atoms with Gasteiger partial charge < -0.3 is 9.30 Å². The van der Waals surface area contributed by atoms with Gasteiger partial charge in [0.15, 0.2) is 0 Å². The number of methoxy groups -OCH3 is 1. The molecule has 4 heteroatoms. The van der Waals surface area contributed by atoms with E-state index in [1.54, 1.807) is 0 Å². The van der Waals surface area contributed by atoms with Crippen LogP contribution in [0.1, 0.15) is 30.7 Å². The van der Waals surface area contributed by atoms with Crippen molar-refractivity contribution >= 4 is 17.0 Å². The van der Waals surface area contributed by atoms with Crippen LogP contribution in [0, 0.1) is 6.92 Å². The van der Waals surface area contributed by atoms with Crippen molar-refractivity contribution < 1.29 is 9.53 Å². The summed E-state index contributed by atoms with van der Waals surface area (Å²) in [7, 11) is 3.41. The summed E-state index contributed by atoms with van der Waals surface area (Å²) in [5.74, 6) is 0.569. The predicted molar refractivity (Wildman–Crippen MR) is 70.5 cm³/mol. The number of ether oxygens (including phenoxy) is 1. The van der Waals surface area contributed by atoms with E-state index < -0.39 is 0 Å². The number of carbonyl (C=O) groups excluding carboxylic acids is 1. The zero-order valence-electron chi connectivity index (χ0n) is 11.2. The molecule has 0 aliphatic heterocycles. The van der Waals surface area contributed by atoms with Gasteiger partial charge in [-0.3, -0.25) is 4.79 Å². The van der Waals surface area contributed by atoms with Crippen LogP contribution < -0.4 is 0 Å². The zero-order valence-corrected chi connectivity index (χ0v) is 11.2. The first-order valence-electron chi connectivity index (χ1n) is 6.09. The van der Waals surface area contributed by atoms with Gasteiger partial charge in [0.1, 0.15) is 5.82 Å². The molecule has 2 rings (SSSR count). The highest BCUT2D eigenvalue weighted by Gasteiger charge is 2.20. The summed E-state index contributed by atoms with van der Waals surface area (Å²) in [6, 6.07) is 5.97. The van der Waals surface area contributed by atoms with Crippen LogP contribution in [-0.2, 0) is 16.6 Å². The molecule has 2 aromatic rings. The molecule has 0 fully saturated rings. The lowest BCUT2D eigenvalue weighted by Crippen LogP contribution is -2.13. The fourth-order valence-corrected chi connectivity index (χ4v) is 2.23. The predicted octanol–water partition coefficient (Wildman–Crippen LogP) is 2.55. The summed E-state index contributed by atoms with van der Waals surface area (Å²) in [5, 5.41) is 0. The van der Waals surface area contributed by atoms with Crippen molar-refractivity contribution in [3.63, 3.8) is 0 Å².